The highest BCUT2D eigenvalue weighted by molar-refractivity contribution is 5.94. The molecule has 0 aliphatic carbocycles. The van der Waals surface area contributed by atoms with E-state index in [1.54, 1.807) is 0 Å². The Kier molecular flexibility index (Phi) is 7.91. The Morgan fingerprint density at radius 1 is 0.571 bits per heavy atom. The van der Waals surface area contributed by atoms with Crippen molar-refractivity contribution in [1.29, 1.82) is 0 Å². The van der Waals surface area contributed by atoms with Gasteiger partial charge in [0.25, 0.3) is 0 Å². The molecule has 0 atom stereocenters. The molecule has 3 aromatic rings. The first-order valence-electron chi connectivity index (χ1n) is 14.3. The van der Waals surface area contributed by atoms with Crippen LogP contribution in [-0.2, 0) is 31.9 Å². The van der Waals surface area contributed by atoms with Gasteiger partial charge in [0.1, 0.15) is 0 Å². The highest BCUT2D eigenvalue weighted by Crippen LogP contribution is 2.35. The van der Waals surface area contributed by atoms with E-state index in [0.29, 0.717) is 12.8 Å². The lowest BCUT2D eigenvalue weighted by Gasteiger charge is -2.02. The van der Waals surface area contributed by atoms with Crippen molar-refractivity contribution >= 4 is 56.3 Å². The largest absolute Gasteiger partial charge is 0.469 e. The Labute approximate surface area is 245 Å². The number of H-pyrrole nitrogens is 2. The van der Waals surface area contributed by atoms with Gasteiger partial charge in [0.05, 0.1) is 37.0 Å². The summed E-state index contributed by atoms with van der Waals surface area (Å²) in [7, 11) is 2.82. The van der Waals surface area contributed by atoms with E-state index in [2.05, 4.69) is 75.8 Å². The van der Waals surface area contributed by atoms with Crippen LogP contribution < -0.4 is 0 Å². The zero-order valence-corrected chi connectivity index (χ0v) is 25.7. The van der Waals surface area contributed by atoms with E-state index in [0.717, 1.165) is 89.4 Å². The zero-order valence-electron chi connectivity index (χ0n) is 25.7. The van der Waals surface area contributed by atoms with E-state index < -0.39 is 0 Å². The van der Waals surface area contributed by atoms with Gasteiger partial charge in [0, 0.05) is 34.9 Å². The number of hydrogen-bond acceptors (Lipinski definition) is 6. The van der Waals surface area contributed by atoms with Gasteiger partial charge in [-0.3, -0.25) is 9.59 Å². The predicted molar refractivity (Wildman–Crippen MR) is 167 cm³/mol. The average molecular weight is 567 g/mol. The lowest BCUT2D eigenvalue weighted by molar-refractivity contribution is -0.141. The Morgan fingerprint density at radius 3 is 1.36 bits per heavy atom. The third kappa shape index (κ3) is 5.29. The molecule has 0 saturated carbocycles. The maximum Gasteiger partial charge on any atom is 0.305 e. The summed E-state index contributed by atoms with van der Waals surface area (Å²) >= 11 is 0. The van der Waals surface area contributed by atoms with Crippen LogP contribution in [0.5, 0.6) is 0 Å². The first-order valence-corrected chi connectivity index (χ1v) is 14.3. The highest BCUT2D eigenvalue weighted by atomic mass is 16.5. The first kappa shape index (κ1) is 29.0. The minimum absolute atomic E-state index is 0.250. The maximum absolute atomic E-state index is 12.1. The number of rotatable bonds is 6. The van der Waals surface area contributed by atoms with Crippen molar-refractivity contribution in [2.45, 2.75) is 67.2 Å². The van der Waals surface area contributed by atoms with Gasteiger partial charge in [0.15, 0.2) is 0 Å². The average Bonchev–Trinajstić information content (AvgIpc) is 3.61. The molecule has 2 aliphatic heterocycles. The minimum Gasteiger partial charge on any atom is -0.469 e. The molecule has 8 nitrogen and oxygen atoms in total. The summed E-state index contributed by atoms with van der Waals surface area (Å²) in [5.41, 5.74) is 15.9. The fourth-order valence-electron chi connectivity index (χ4n) is 5.67. The summed E-state index contributed by atoms with van der Waals surface area (Å²) in [6.45, 7) is 12.5. The summed E-state index contributed by atoms with van der Waals surface area (Å²) in [5, 5.41) is 0. The van der Waals surface area contributed by atoms with Crippen LogP contribution in [0.2, 0.25) is 0 Å². The predicted octanol–water partition coefficient (Wildman–Crippen LogP) is 7.04. The van der Waals surface area contributed by atoms with Crippen LogP contribution in [0.3, 0.4) is 0 Å². The number of nitrogens with one attached hydrogen (secondary N) is 2. The van der Waals surface area contributed by atoms with Crippen molar-refractivity contribution in [3.05, 3.63) is 69.3 Å². The molecule has 2 aliphatic rings. The van der Waals surface area contributed by atoms with Crippen LogP contribution in [0.15, 0.2) is 24.3 Å². The molecule has 0 saturated heterocycles. The van der Waals surface area contributed by atoms with Gasteiger partial charge in [-0.15, -0.1) is 0 Å². The van der Waals surface area contributed by atoms with E-state index >= 15 is 0 Å². The quantitative estimate of drug-likeness (QED) is 0.310. The number of esters is 2. The molecule has 3 aromatic heterocycles. The van der Waals surface area contributed by atoms with Gasteiger partial charge in [-0.2, -0.15) is 0 Å². The third-order valence-electron chi connectivity index (χ3n) is 8.78. The molecular weight excluding hydrogens is 528 g/mol. The number of fused-ring (bicyclic) bond motifs is 8. The standard InChI is InChI=1S/C34H38N4O4/c1-17-18(2)27-14-29-21(5)23(9-11-33(39)41-7)32(37-29)16-30-22(6)24(10-12-34(40)42-8)31(38-30)15-28-20(4)19(3)26(36-28)13-25(17)35-27/h13-16,37-38H,9-12H2,1-8H3. The van der Waals surface area contributed by atoms with Gasteiger partial charge < -0.3 is 19.4 Å². The number of aromatic nitrogens is 4. The molecule has 0 unspecified atom stereocenters. The number of nitrogens with zero attached hydrogens (tertiary/aromatic N) is 2. The molecule has 42 heavy (non-hydrogen) atoms. The van der Waals surface area contributed by atoms with Crippen molar-refractivity contribution in [3.63, 3.8) is 0 Å². The van der Waals surface area contributed by atoms with Crippen LogP contribution in [0.1, 0.15) is 85.6 Å². The molecule has 8 heteroatoms. The van der Waals surface area contributed by atoms with Crippen molar-refractivity contribution in [3.8, 4) is 0 Å². The van der Waals surface area contributed by atoms with E-state index in [1.165, 1.54) is 14.2 Å². The number of ether oxygens (including phenoxy) is 2. The second-order valence-electron chi connectivity index (χ2n) is 11.1. The smallest absolute Gasteiger partial charge is 0.305 e. The van der Waals surface area contributed by atoms with Crippen LogP contribution in [0, 0.1) is 13.8 Å². The van der Waals surface area contributed by atoms with E-state index in [-0.39, 0.29) is 24.8 Å². The number of aryl methyl sites for hydroxylation is 4. The molecule has 0 spiro atoms. The Morgan fingerprint density at radius 2 is 0.929 bits per heavy atom. The SMILES string of the molecule is COC(=O)CCc1c(C)c2cc3[nH]c(cc4nc(cc5nc(cc1[nH]2)C(C)=C5C)C(C)=C4C)c(C)c3CCC(=O)OC. The number of carbonyl (C=O) groups excluding carboxylic acids is 2. The molecule has 0 fully saturated rings. The van der Waals surface area contributed by atoms with Crippen molar-refractivity contribution in [2.75, 3.05) is 14.2 Å². The van der Waals surface area contributed by atoms with Gasteiger partial charge in [-0.1, -0.05) is 0 Å². The monoisotopic (exact) mass is 566 g/mol. The van der Waals surface area contributed by atoms with Crippen molar-refractivity contribution < 1.29 is 19.1 Å². The number of allylic oxidation sites excluding steroid dienone is 4. The van der Waals surface area contributed by atoms with Gasteiger partial charge in [-0.25, -0.2) is 9.97 Å². The summed E-state index contributed by atoms with van der Waals surface area (Å²) in [6, 6.07) is 8.32. The molecule has 0 radical (unpaired) electrons. The molecule has 5 rings (SSSR count). The molecule has 218 valence electrons. The van der Waals surface area contributed by atoms with E-state index in [9.17, 15) is 9.59 Å². The summed E-state index contributed by atoms with van der Waals surface area (Å²) in [5.74, 6) is -0.502. The van der Waals surface area contributed by atoms with Crippen LogP contribution >= 0.6 is 0 Å². The Balaban J connectivity index is 1.88. The molecule has 2 N–H and O–H groups in total. The molecule has 8 bridgehead atoms. The molecule has 0 amide bonds. The fourth-order valence-corrected chi connectivity index (χ4v) is 5.67. The van der Waals surface area contributed by atoms with Crippen molar-refractivity contribution in [1.82, 2.24) is 19.9 Å². The summed E-state index contributed by atoms with van der Waals surface area (Å²) < 4.78 is 9.87. The lowest BCUT2D eigenvalue weighted by Crippen LogP contribution is -2.02. The Hall–Kier alpha value is -4.46. The van der Waals surface area contributed by atoms with Crippen LogP contribution in [0.25, 0.3) is 44.4 Å². The topological polar surface area (TPSA) is 110 Å². The molecule has 5 heterocycles. The van der Waals surface area contributed by atoms with Crippen molar-refractivity contribution in [2.24, 2.45) is 0 Å². The second-order valence-corrected chi connectivity index (χ2v) is 11.1. The third-order valence-corrected chi connectivity index (χ3v) is 8.78. The zero-order chi connectivity index (χ0) is 30.3. The van der Waals surface area contributed by atoms with Crippen LogP contribution in [0.4, 0.5) is 0 Å². The normalized spacial score (nSPS) is 13.1. The number of carbonyl (C=O) groups is 2. The van der Waals surface area contributed by atoms with E-state index in [4.69, 9.17) is 19.4 Å². The second kappa shape index (κ2) is 11.4. The van der Waals surface area contributed by atoms with Crippen LogP contribution in [-0.4, -0.2) is 46.1 Å². The number of methoxy groups -OCH3 is 2. The number of aromatic amines is 2. The first-order chi connectivity index (χ1) is 20.0. The lowest BCUT2D eigenvalue weighted by atomic mass is 10.0. The molecule has 0 aromatic carbocycles. The Bertz CT molecular complexity index is 1850. The van der Waals surface area contributed by atoms with Gasteiger partial charge in [-0.05, 0) is 123 Å². The van der Waals surface area contributed by atoms with Gasteiger partial charge in [0.2, 0.25) is 0 Å². The highest BCUT2D eigenvalue weighted by Gasteiger charge is 2.19. The fraction of sp³-hybridized carbons (Fsp3) is 0.353. The maximum atomic E-state index is 12.1. The van der Waals surface area contributed by atoms with Gasteiger partial charge >= 0.3 is 11.9 Å². The molecular formula is C34H38N4O4. The summed E-state index contributed by atoms with van der Waals surface area (Å²) in [4.78, 5) is 41.4. The minimum atomic E-state index is -0.252. The number of hydrogen-bond donors (Lipinski definition) is 2. The van der Waals surface area contributed by atoms with E-state index in [1.807, 2.05) is 0 Å². The summed E-state index contributed by atoms with van der Waals surface area (Å²) in [6.07, 6.45) is 1.61.